The number of hydrogen-bond donors (Lipinski definition) is 3. The van der Waals surface area contributed by atoms with Gasteiger partial charge in [0.25, 0.3) is 11.8 Å². The van der Waals surface area contributed by atoms with Crippen molar-refractivity contribution in [2.24, 2.45) is 5.41 Å². The normalized spacial score (nSPS) is 12.2. The van der Waals surface area contributed by atoms with Gasteiger partial charge in [-0.05, 0) is 96.4 Å². The van der Waals surface area contributed by atoms with E-state index in [0.717, 1.165) is 27.5 Å². The lowest BCUT2D eigenvalue weighted by Gasteiger charge is -2.40. The zero-order valence-corrected chi connectivity index (χ0v) is 25.2. The Balaban J connectivity index is 2.47. The van der Waals surface area contributed by atoms with Crippen molar-refractivity contribution in [1.29, 1.82) is 0 Å². The minimum Gasteiger partial charge on any atom is -0.496 e. The van der Waals surface area contributed by atoms with Crippen LogP contribution in [0.1, 0.15) is 84.4 Å². The molecule has 2 aromatic rings. The van der Waals surface area contributed by atoms with Crippen LogP contribution >= 0.6 is 22.6 Å². The Morgan fingerprint density at radius 3 is 2.38 bits per heavy atom. The first-order valence-electron chi connectivity index (χ1n) is 12.7. The summed E-state index contributed by atoms with van der Waals surface area (Å²) in [5.74, 6) is -0.0338. The maximum atomic E-state index is 13.9. The van der Waals surface area contributed by atoms with Gasteiger partial charge in [0.05, 0.1) is 13.2 Å². The highest BCUT2D eigenvalue weighted by atomic mass is 127. The van der Waals surface area contributed by atoms with Gasteiger partial charge in [-0.2, -0.15) is 0 Å². The molecule has 37 heavy (non-hydrogen) atoms. The van der Waals surface area contributed by atoms with Gasteiger partial charge in [0.1, 0.15) is 5.75 Å². The van der Waals surface area contributed by atoms with Gasteiger partial charge in [-0.15, -0.1) is 0 Å². The number of carbonyl (C=O) groups is 2. The van der Waals surface area contributed by atoms with Crippen molar-refractivity contribution in [3.05, 3.63) is 61.7 Å². The maximum Gasteiger partial charge on any atom is 0.451 e. The van der Waals surface area contributed by atoms with Crippen LogP contribution in [0.25, 0.3) is 0 Å². The summed E-state index contributed by atoms with van der Waals surface area (Å²) in [6.45, 7) is 12.1. The van der Waals surface area contributed by atoms with Gasteiger partial charge in [0.2, 0.25) is 0 Å². The van der Waals surface area contributed by atoms with Gasteiger partial charge in [-0.25, -0.2) is 5.01 Å². The molecule has 0 bridgehead atoms. The Kier molecular flexibility index (Phi) is 11.5. The first-order valence-corrected chi connectivity index (χ1v) is 13.8. The number of nitrogens with one attached hydrogen (secondary N) is 1. The molecular weight excluding hydrogens is 582 g/mol. The summed E-state index contributed by atoms with van der Waals surface area (Å²) in [5.41, 5.74) is 6.17. The lowest BCUT2D eigenvalue weighted by molar-refractivity contribution is 0.0270. The van der Waals surface area contributed by atoms with Crippen LogP contribution in [-0.4, -0.2) is 47.1 Å². The third-order valence-electron chi connectivity index (χ3n) is 6.45. The molecule has 0 aliphatic carbocycles. The second-order valence-corrected chi connectivity index (χ2v) is 11.9. The minimum atomic E-state index is -1.35. The van der Waals surface area contributed by atoms with Crippen LogP contribution in [0.5, 0.6) is 5.75 Å². The third-order valence-corrected chi connectivity index (χ3v) is 7.07. The summed E-state index contributed by atoms with van der Waals surface area (Å²) < 4.78 is 6.58. The lowest BCUT2D eigenvalue weighted by Crippen LogP contribution is -2.56. The monoisotopic (exact) mass is 622 g/mol. The molecule has 0 aliphatic rings. The molecular formula is C28H40BIN2O5. The molecule has 202 valence electrons. The van der Waals surface area contributed by atoms with Crippen LogP contribution in [0.3, 0.4) is 0 Å². The Morgan fingerprint density at radius 2 is 1.84 bits per heavy atom. The number of rotatable bonds is 10. The van der Waals surface area contributed by atoms with Gasteiger partial charge < -0.3 is 14.8 Å². The van der Waals surface area contributed by atoms with Crippen LogP contribution in [0.15, 0.2) is 30.3 Å². The van der Waals surface area contributed by atoms with Crippen molar-refractivity contribution in [3.63, 3.8) is 0 Å². The molecule has 7 nitrogen and oxygen atoms in total. The molecule has 0 heterocycles. The molecule has 3 N–H and O–H groups in total. The van der Waals surface area contributed by atoms with Crippen molar-refractivity contribution in [3.8, 4) is 5.75 Å². The number of methoxy groups -OCH3 is 1. The third kappa shape index (κ3) is 8.45. The number of aryl methyl sites for hydroxylation is 2. The molecule has 0 radical (unpaired) electrons. The quantitative estimate of drug-likeness (QED) is 0.189. The summed E-state index contributed by atoms with van der Waals surface area (Å²) in [5, 5.41) is 19.8. The SMILES string of the molecule is CCC[C@@H](N(NC(=O)c1ccc(CCCB(O)O)c(OC)c1C)C(=O)c1cc(C)cc(I)c1)C(C)(C)C. The predicted molar refractivity (Wildman–Crippen MR) is 157 cm³/mol. The van der Waals surface area contributed by atoms with Crippen molar-refractivity contribution in [2.45, 2.75) is 79.6 Å². The first-order chi connectivity index (χ1) is 17.3. The number of ether oxygens (including phenoxy) is 1. The molecule has 1 atom stereocenters. The zero-order chi connectivity index (χ0) is 27.9. The topological polar surface area (TPSA) is 99.1 Å². The van der Waals surface area contributed by atoms with Gasteiger partial charge in [0.15, 0.2) is 0 Å². The van der Waals surface area contributed by atoms with Gasteiger partial charge in [-0.1, -0.05) is 46.6 Å². The average Bonchev–Trinajstić information content (AvgIpc) is 2.79. The number of amides is 2. The number of hydrazine groups is 1. The number of hydrogen-bond acceptors (Lipinski definition) is 5. The molecule has 0 fully saturated rings. The Morgan fingerprint density at radius 1 is 1.16 bits per heavy atom. The van der Waals surface area contributed by atoms with Crippen LogP contribution in [0, 0.1) is 22.8 Å². The fraction of sp³-hybridized carbons (Fsp3) is 0.500. The number of halogens is 1. The van der Waals surface area contributed by atoms with Crippen LogP contribution < -0.4 is 10.2 Å². The second-order valence-electron chi connectivity index (χ2n) is 10.6. The Bertz CT molecular complexity index is 1080. The Labute approximate surface area is 235 Å². The fourth-order valence-electron chi connectivity index (χ4n) is 4.61. The summed E-state index contributed by atoms with van der Waals surface area (Å²) in [7, 11) is 0.205. The van der Waals surface area contributed by atoms with Crippen molar-refractivity contribution in [2.75, 3.05) is 7.11 Å². The smallest absolute Gasteiger partial charge is 0.451 e. The van der Waals surface area contributed by atoms with Gasteiger partial charge >= 0.3 is 7.12 Å². The van der Waals surface area contributed by atoms with Crippen molar-refractivity contribution >= 4 is 41.5 Å². The average molecular weight is 622 g/mol. The van der Waals surface area contributed by atoms with E-state index in [9.17, 15) is 9.59 Å². The summed E-state index contributed by atoms with van der Waals surface area (Å²) in [4.78, 5) is 27.5. The van der Waals surface area contributed by atoms with E-state index in [4.69, 9.17) is 14.8 Å². The largest absolute Gasteiger partial charge is 0.496 e. The van der Waals surface area contributed by atoms with E-state index in [1.165, 1.54) is 5.01 Å². The first kappa shape index (κ1) is 31.1. The van der Waals surface area contributed by atoms with E-state index in [-0.39, 0.29) is 29.6 Å². The van der Waals surface area contributed by atoms with E-state index >= 15 is 0 Å². The van der Waals surface area contributed by atoms with Crippen molar-refractivity contribution < 1.29 is 24.4 Å². The number of carbonyl (C=O) groups excluding carboxylic acids is 2. The molecule has 0 spiro atoms. The maximum absolute atomic E-state index is 13.9. The Hall–Kier alpha value is -2.11. The van der Waals surface area contributed by atoms with Crippen LogP contribution in [0.4, 0.5) is 0 Å². The van der Waals surface area contributed by atoms with E-state index in [1.807, 2.05) is 38.1 Å². The molecule has 0 saturated carbocycles. The van der Waals surface area contributed by atoms with Crippen molar-refractivity contribution in [1.82, 2.24) is 10.4 Å². The molecule has 0 saturated heterocycles. The van der Waals surface area contributed by atoms with Gasteiger partial charge in [-0.3, -0.25) is 15.0 Å². The fourth-order valence-corrected chi connectivity index (χ4v) is 5.44. The highest BCUT2D eigenvalue weighted by Gasteiger charge is 2.35. The van der Waals surface area contributed by atoms with E-state index < -0.39 is 7.12 Å². The summed E-state index contributed by atoms with van der Waals surface area (Å²) >= 11 is 2.20. The standard InChI is InChI=1S/C28H40BIN2O5/c1-8-10-24(28(4,5)6)32(27(34)21-15-18(2)16-22(30)17-21)31-26(33)23-13-12-20(11-9-14-29(35)36)25(37-7)19(23)3/h12-13,15-17,24,35-36H,8-11,14H2,1-7H3,(H,31,33)/t24-/m1/s1. The zero-order valence-electron chi connectivity index (χ0n) is 23.0. The highest BCUT2D eigenvalue weighted by molar-refractivity contribution is 14.1. The lowest BCUT2D eigenvalue weighted by atomic mass is 9.83. The van der Waals surface area contributed by atoms with E-state index in [0.29, 0.717) is 35.3 Å². The highest BCUT2D eigenvalue weighted by Crippen LogP contribution is 2.31. The minimum absolute atomic E-state index is 0.224. The molecule has 2 rings (SSSR count). The van der Waals surface area contributed by atoms with E-state index in [1.54, 1.807) is 13.2 Å². The second kappa shape index (κ2) is 13.6. The summed E-state index contributed by atoms with van der Waals surface area (Å²) in [6.07, 6.45) is 3.00. The molecule has 2 amide bonds. The van der Waals surface area contributed by atoms with Crippen LogP contribution in [0.2, 0.25) is 6.32 Å². The number of nitrogens with zero attached hydrogens (tertiary/aromatic N) is 1. The molecule has 0 aliphatic heterocycles. The number of benzene rings is 2. The molecule has 2 aromatic carbocycles. The predicted octanol–water partition coefficient (Wildman–Crippen LogP) is 5.32. The van der Waals surface area contributed by atoms with Crippen LogP contribution in [-0.2, 0) is 6.42 Å². The van der Waals surface area contributed by atoms with E-state index in [2.05, 4.69) is 55.7 Å². The summed E-state index contributed by atoms with van der Waals surface area (Å²) in [6, 6.07) is 9.04. The molecule has 0 unspecified atom stereocenters. The molecule has 0 aromatic heterocycles. The van der Waals surface area contributed by atoms with Gasteiger partial charge in [0, 0.05) is 20.3 Å². The molecule has 9 heteroatoms.